The molecule has 3 aliphatic heterocycles. The van der Waals surface area contributed by atoms with Crippen molar-refractivity contribution in [3.63, 3.8) is 0 Å². The summed E-state index contributed by atoms with van der Waals surface area (Å²) < 4.78 is 0. The molecule has 3 heterocycles. The van der Waals surface area contributed by atoms with Crippen molar-refractivity contribution in [1.82, 2.24) is 15.1 Å². The second-order valence-electron chi connectivity index (χ2n) is 9.05. The van der Waals surface area contributed by atoms with Gasteiger partial charge < -0.3 is 15.1 Å². The Morgan fingerprint density at radius 2 is 1.86 bits per heavy atom. The monoisotopic (exact) mass is 431 g/mol. The van der Waals surface area contributed by atoms with Gasteiger partial charge in [-0.3, -0.25) is 4.79 Å². The zero-order valence-corrected chi connectivity index (χ0v) is 18.9. The molecule has 0 saturated carbocycles. The van der Waals surface area contributed by atoms with Crippen molar-refractivity contribution in [3.8, 4) is 0 Å². The number of hydrogen-bond donors (Lipinski definition) is 1. The van der Waals surface area contributed by atoms with Gasteiger partial charge in [0.15, 0.2) is 0 Å². The fourth-order valence-corrected chi connectivity index (χ4v) is 5.71. The summed E-state index contributed by atoms with van der Waals surface area (Å²) in [6.45, 7) is 7.07. The third-order valence-electron chi connectivity index (χ3n) is 7.26. The van der Waals surface area contributed by atoms with Crippen LogP contribution >= 0.6 is 24.8 Å². The lowest BCUT2D eigenvalue weighted by Gasteiger charge is -2.48. The summed E-state index contributed by atoms with van der Waals surface area (Å²) in [7, 11) is 0. The average molecular weight is 432 g/mol. The van der Waals surface area contributed by atoms with Crippen LogP contribution in [-0.2, 0) is 4.79 Å². The molecule has 1 amide bonds. The minimum atomic E-state index is 0. The summed E-state index contributed by atoms with van der Waals surface area (Å²) in [5, 5.41) is 3.48. The number of allylic oxidation sites excluding steroid dienone is 1. The molecule has 3 saturated heterocycles. The standard InChI is InChI=1S/C22H37N3O.2ClH/c26-22-7-6-20-17-24(16-19-8-12-23-13-9-19)14-11-21(20)25(22)15-10-18-4-2-1-3-5-18;;/h4,19-21,23H,1-3,5-17H2;2*1H/t20-,21+;;/m0../s1. The molecule has 1 aliphatic carbocycles. The molecule has 2 atom stereocenters. The minimum absolute atomic E-state index is 0. The molecular weight excluding hydrogens is 393 g/mol. The second kappa shape index (κ2) is 11.8. The minimum Gasteiger partial charge on any atom is -0.339 e. The lowest BCUT2D eigenvalue weighted by Crippen LogP contribution is -2.56. The predicted octanol–water partition coefficient (Wildman–Crippen LogP) is 4.03. The van der Waals surface area contributed by atoms with Crippen molar-refractivity contribution < 1.29 is 4.79 Å². The van der Waals surface area contributed by atoms with Gasteiger partial charge in [0.25, 0.3) is 0 Å². The van der Waals surface area contributed by atoms with Gasteiger partial charge in [-0.1, -0.05) is 11.6 Å². The molecule has 0 aromatic rings. The summed E-state index contributed by atoms with van der Waals surface area (Å²) in [6, 6.07) is 0.518. The maximum atomic E-state index is 12.6. The number of amides is 1. The first-order chi connectivity index (χ1) is 12.8. The second-order valence-corrected chi connectivity index (χ2v) is 9.05. The summed E-state index contributed by atoms with van der Waals surface area (Å²) in [6.07, 6.45) is 14.5. The first kappa shape index (κ1) is 24.0. The molecule has 162 valence electrons. The number of halogens is 2. The van der Waals surface area contributed by atoms with Crippen LogP contribution in [0.25, 0.3) is 0 Å². The first-order valence-electron chi connectivity index (χ1n) is 11.2. The van der Waals surface area contributed by atoms with Crippen molar-refractivity contribution in [2.45, 2.75) is 70.3 Å². The van der Waals surface area contributed by atoms with E-state index in [0.29, 0.717) is 17.9 Å². The lowest BCUT2D eigenvalue weighted by molar-refractivity contribution is -0.141. The van der Waals surface area contributed by atoms with E-state index in [9.17, 15) is 4.79 Å². The highest BCUT2D eigenvalue weighted by atomic mass is 35.5. The molecule has 0 aromatic carbocycles. The van der Waals surface area contributed by atoms with Crippen LogP contribution in [-0.4, -0.2) is 61.0 Å². The van der Waals surface area contributed by atoms with Crippen LogP contribution in [0.1, 0.15) is 64.2 Å². The molecular formula is C22H39Cl2N3O. The van der Waals surface area contributed by atoms with Gasteiger partial charge in [-0.25, -0.2) is 0 Å². The molecule has 3 fully saturated rings. The van der Waals surface area contributed by atoms with Gasteiger partial charge in [-0.15, -0.1) is 24.8 Å². The topological polar surface area (TPSA) is 35.6 Å². The number of rotatable bonds is 5. The van der Waals surface area contributed by atoms with Crippen molar-refractivity contribution in [2.24, 2.45) is 11.8 Å². The van der Waals surface area contributed by atoms with Crippen molar-refractivity contribution >= 4 is 30.7 Å². The van der Waals surface area contributed by atoms with Crippen LogP contribution in [0.15, 0.2) is 11.6 Å². The Bertz CT molecular complexity index is 522. The molecule has 6 heteroatoms. The zero-order valence-electron chi connectivity index (χ0n) is 17.2. The molecule has 4 aliphatic rings. The van der Waals surface area contributed by atoms with E-state index < -0.39 is 0 Å². The van der Waals surface area contributed by atoms with Crippen molar-refractivity contribution in [1.29, 1.82) is 0 Å². The maximum Gasteiger partial charge on any atom is 0.222 e. The number of carbonyl (C=O) groups excluding carboxylic acids is 1. The highest BCUT2D eigenvalue weighted by Gasteiger charge is 2.39. The highest BCUT2D eigenvalue weighted by Crippen LogP contribution is 2.33. The smallest absolute Gasteiger partial charge is 0.222 e. The molecule has 0 bridgehead atoms. The fourth-order valence-electron chi connectivity index (χ4n) is 5.71. The normalized spacial score (nSPS) is 29.4. The SMILES string of the molecule is Cl.Cl.O=C1CC[C@H]2CN(CC3CCNCC3)CC[C@H]2N1CCC1=CCCCC1. The fraction of sp³-hybridized carbons (Fsp3) is 0.864. The van der Waals surface area contributed by atoms with E-state index in [2.05, 4.69) is 21.2 Å². The van der Waals surface area contributed by atoms with Gasteiger partial charge in [-0.2, -0.15) is 0 Å². The van der Waals surface area contributed by atoms with E-state index in [-0.39, 0.29) is 24.8 Å². The Hall–Kier alpha value is -0.290. The number of likely N-dealkylation sites (tertiary alicyclic amines) is 2. The van der Waals surface area contributed by atoms with Gasteiger partial charge in [0.1, 0.15) is 0 Å². The van der Waals surface area contributed by atoms with Crippen molar-refractivity contribution in [2.75, 3.05) is 39.3 Å². The Labute approximate surface area is 183 Å². The summed E-state index contributed by atoms with van der Waals surface area (Å²) >= 11 is 0. The molecule has 0 unspecified atom stereocenters. The van der Waals surface area contributed by atoms with Crippen LogP contribution in [0.2, 0.25) is 0 Å². The average Bonchev–Trinajstić information content (AvgIpc) is 2.69. The zero-order chi connectivity index (χ0) is 17.8. The third-order valence-corrected chi connectivity index (χ3v) is 7.26. The number of nitrogens with zero attached hydrogens (tertiary/aromatic N) is 2. The number of fused-ring (bicyclic) bond motifs is 1. The highest BCUT2D eigenvalue weighted by molar-refractivity contribution is 5.85. The van der Waals surface area contributed by atoms with Crippen LogP contribution in [0, 0.1) is 11.8 Å². The van der Waals surface area contributed by atoms with Gasteiger partial charge in [0, 0.05) is 38.6 Å². The summed E-state index contributed by atoms with van der Waals surface area (Å²) in [5.74, 6) is 2.02. The van der Waals surface area contributed by atoms with E-state index >= 15 is 0 Å². The summed E-state index contributed by atoms with van der Waals surface area (Å²) in [4.78, 5) is 17.6. The number of hydrogen-bond acceptors (Lipinski definition) is 3. The molecule has 1 N–H and O–H groups in total. The van der Waals surface area contributed by atoms with Crippen molar-refractivity contribution in [3.05, 3.63) is 11.6 Å². The van der Waals surface area contributed by atoms with E-state index in [0.717, 1.165) is 31.7 Å². The molecule has 0 radical (unpaired) electrons. The molecule has 28 heavy (non-hydrogen) atoms. The number of nitrogens with one attached hydrogen (secondary N) is 1. The largest absolute Gasteiger partial charge is 0.339 e. The van der Waals surface area contributed by atoms with E-state index in [1.54, 1.807) is 5.57 Å². The predicted molar refractivity (Wildman–Crippen MR) is 121 cm³/mol. The lowest BCUT2D eigenvalue weighted by atomic mass is 9.82. The van der Waals surface area contributed by atoms with Gasteiger partial charge in [0.2, 0.25) is 5.91 Å². The quantitative estimate of drug-likeness (QED) is 0.667. The third kappa shape index (κ3) is 6.10. The van der Waals surface area contributed by atoms with Crippen LogP contribution in [0.5, 0.6) is 0 Å². The molecule has 4 rings (SSSR count). The van der Waals surface area contributed by atoms with Gasteiger partial charge in [0.05, 0.1) is 0 Å². The van der Waals surface area contributed by atoms with E-state index in [4.69, 9.17) is 0 Å². The molecule has 4 nitrogen and oxygen atoms in total. The number of carbonyl (C=O) groups is 1. The Kier molecular flexibility index (Phi) is 10.1. The molecule has 0 spiro atoms. The van der Waals surface area contributed by atoms with Crippen LogP contribution in [0.3, 0.4) is 0 Å². The van der Waals surface area contributed by atoms with Crippen LogP contribution < -0.4 is 5.32 Å². The first-order valence-corrected chi connectivity index (χ1v) is 11.2. The maximum absolute atomic E-state index is 12.6. The Morgan fingerprint density at radius 1 is 1.04 bits per heavy atom. The van der Waals surface area contributed by atoms with Gasteiger partial charge >= 0.3 is 0 Å². The van der Waals surface area contributed by atoms with Gasteiger partial charge in [-0.05, 0) is 82.7 Å². The number of piperidine rings is 3. The summed E-state index contributed by atoms with van der Waals surface area (Å²) in [5.41, 5.74) is 1.61. The van der Waals surface area contributed by atoms with E-state index in [1.807, 2.05) is 0 Å². The van der Waals surface area contributed by atoms with Crippen LogP contribution in [0.4, 0.5) is 0 Å². The van der Waals surface area contributed by atoms with E-state index in [1.165, 1.54) is 77.7 Å². The Balaban J connectivity index is 0.00000140. The Morgan fingerprint density at radius 3 is 2.61 bits per heavy atom. The molecule has 0 aromatic heterocycles.